The van der Waals surface area contributed by atoms with Crippen LogP contribution in [0.15, 0.2) is 24.4 Å². The molecule has 0 saturated carbocycles. The van der Waals surface area contributed by atoms with Crippen molar-refractivity contribution in [3.8, 4) is 0 Å². The minimum atomic E-state index is -0.156. The highest BCUT2D eigenvalue weighted by molar-refractivity contribution is 5.98. The van der Waals surface area contributed by atoms with Crippen LogP contribution in [0.3, 0.4) is 0 Å². The maximum atomic E-state index is 10.9. The minimum absolute atomic E-state index is 0.156. The van der Waals surface area contributed by atoms with Crippen molar-refractivity contribution in [2.75, 3.05) is 5.32 Å². The number of anilines is 1. The van der Waals surface area contributed by atoms with Gasteiger partial charge in [0.2, 0.25) is 5.91 Å². The Labute approximate surface area is 64.3 Å². The molecule has 0 unspecified atom stereocenters. The summed E-state index contributed by atoms with van der Waals surface area (Å²) in [4.78, 5) is 10.9. The average Bonchev–Trinajstić information content (AvgIpc) is 2.40. The standard InChI is InChI=1S/C7H9N3O/c1-2-3-7(11)9-6-4-5-8-10-6/h2-5H,1H3,(H2,8,9,10,11). The Morgan fingerprint density at radius 3 is 3.18 bits per heavy atom. The summed E-state index contributed by atoms with van der Waals surface area (Å²) >= 11 is 0. The smallest absolute Gasteiger partial charge is 0.249 e. The summed E-state index contributed by atoms with van der Waals surface area (Å²) < 4.78 is 0. The molecule has 0 aliphatic carbocycles. The largest absolute Gasteiger partial charge is 0.307 e. The number of carbonyl (C=O) groups is 1. The molecule has 0 saturated heterocycles. The van der Waals surface area contributed by atoms with E-state index in [0.29, 0.717) is 5.82 Å². The Morgan fingerprint density at radius 1 is 1.82 bits per heavy atom. The van der Waals surface area contributed by atoms with Crippen LogP contribution in [0.25, 0.3) is 0 Å². The summed E-state index contributed by atoms with van der Waals surface area (Å²) in [5, 5.41) is 8.86. The highest BCUT2D eigenvalue weighted by Crippen LogP contribution is 1.97. The molecule has 0 bridgehead atoms. The molecule has 1 amide bonds. The number of aromatic nitrogens is 2. The third-order valence-corrected chi connectivity index (χ3v) is 1.08. The Hall–Kier alpha value is -1.58. The molecule has 0 radical (unpaired) electrons. The second kappa shape index (κ2) is 3.55. The lowest BCUT2D eigenvalue weighted by Crippen LogP contribution is -2.07. The van der Waals surface area contributed by atoms with Crippen LogP contribution in [0, 0.1) is 0 Å². The van der Waals surface area contributed by atoms with Gasteiger partial charge >= 0.3 is 0 Å². The van der Waals surface area contributed by atoms with Gasteiger partial charge in [0.15, 0.2) is 0 Å². The second-order valence-electron chi connectivity index (χ2n) is 1.96. The van der Waals surface area contributed by atoms with Gasteiger partial charge < -0.3 is 5.32 Å². The van der Waals surface area contributed by atoms with Crippen molar-refractivity contribution in [1.29, 1.82) is 0 Å². The van der Waals surface area contributed by atoms with Gasteiger partial charge in [0.05, 0.1) is 6.20 Å². The third-order valence-electron chi connectivity index (χ3n) is 1.08. The molecule has 2 N–H and O–H groups in total. The van der Waals surface area contributed by atoms with Crippen molar-refractivity contribution in [1.82, 2.24) is 10.2 Å². The molecule has 1 rings (SSSR count). The summed E-state index contributed by atoms with van der Waals surface area (Å²) in [5.74, 6) is 0.449. The van der Waals surface area contributed by atoms with Gasteiger partial charge in [0.1, 0.15) is 5.82 Å². The lowest BCUT2D eigenvalue weighted by atomic mass is 10.5. The van der Waals surface area contributed by atoms with Gasteiger partial charge in [0, 0.05) is 6.07 Å². The number of hydrogen-bond acceptors (Lipinski definition) is 2. The van der Waals surface area contributed by atoms with Crippen molar-refractivity contribution in [2.24, 2.45) is 0 Å². The van der Waals surface area contributed by atoms with Crippen LogP contribution in [0.2, 0.25) is 0 Å². The second-order valence-corrected chi connectivity index (χ2v) is 1.96. The van der Waals surface area contributed by atoms with Crippen LogP contribution in [-0.2, 0) is 4.79 Å². The Balaban J connectivity index is 2.50. The van der Waals surface area contributed by atoms with Crippen molar-refractivity contribution in [3.63, 3.8) is 0 Å². The number of nitrogens with zero attached hydrogens (tertiary/aromatic N) is 1. The summed E-state index contributed by atoms with van der Waals surface area (Å²) in [7, 11) is 0. The van der Waals surface area contributed by atoms with Gasteiger partial charge in [-0.3, -0.25) is 9.89 Å². The molecular formula is C7H9N3O. The number of carbonyl (C=O) groups excluding carboxylic acids is 1. The highest BCUT2D eigenvalue weighted by atomic mass is 16.1. The molecule has 4 nitrogen and oxygen atoms in total. The van der Waals surface area contributed by atoms with E-state index in [4.69, 9.17) is 0 Å². The fourth-order valence-corrected chi connectivity index (χ4v) is 0.651. The number of aromatic amines is 1. The number of rotatable bonds is 2. The van der Waals surface area contributed by atoms with Gasteiger partial charge in [-0.05, 0) is 13.0 Å². The van der Waals surface area contributed by atoms with Gasteiger partial charge in [0.25, 0.3) is 0 Å². The number of amides is 1. The molecule has 0 aliphatic rings. The van der Waals surface area contributed by atoms with E-state index in [1.807, 2.05) is 0 Å². The van der Waals surface area contributed by atoms with E-state index in [0.717, 1.165) is 0 Å². The first-order valence-electron chi connectivity index (χ1n) is 3.26. The zero-order valence-electron chi connectivity index (χ0n) is 6.16. The fraction of sp³-hybridized carbons (Fsp3) is 0.143. The quantitative estimate of drug-likeness (QED) is 0.617. The summed E-state index contributed by atoms with van der Waals surface area (Å²) in [5.41, 5.74) is 0. The van der Waals surface area contributed by atoms with Crippen LogP contribution >= 0.6 is 0 Å². The molecule has 58 valence electrons. The molecular weight excluding hydrogens is 142 g/mol. The number of hydrogen-bond donors (Lipinski definition) is 2. The lowest BCUT2D eigenvalue weighted by Gasteiger charge is -1.94. The van der Waals surface area contributed by atoms with Gasteiger partial charge in [-0.25, -0.2) is 0 Å². The molecule has 1 aromatic heterocycles. The molecule has 1 aromatic rings. The first-order valence-corrected chi connectivity index (χ1v) is 3.26. The molecule has 1 heterocycles. The maximum Gasteiger partial charge on any atom is 0.249 e. The Morgan fingerprint density at radius 2 is 2.64 bits per heavy atom. The van der Waals surface area contributed by atoms with Crippen LogP contribution in [0.5, 0.6) is 0 Å². The van der Waals surface area contributed by atoms with E-state index >= 15 is 0 Å². The van der Waals surface area contributed by atoms with E-state index < -0.39 is 0 Å². The van der Waals surface area contributed by atoms with Crippen molar-refractivity contribution < 1.29 is 4.79 Å². The Kier molecular flexibility index (Phi) is 2.43. The van der Waals surface area contributed by atoms with Crippen LogP contribution in [-0.4, -0.2) is 16.1 Å². The zero-order valence-corrected chi connectivity index (χ0v) is 6.16. The number of allylic oxidation sites excluding steroid dienone is 1. The van der Waals surface area contributed by atoms with E-state index in [-0.39, 0.29) is 5.91 Å². The molecule has 0 aliphatic heterocycles. The Bertz CT molecular complexity index is 251. The van der Waals surface area contributed by atoms with Crippen LogP contribution in [0.1, 0.15) is 6.92 Å². The van der Waals surface area contributed by atoms with E-state index in [9.17, 15) is 4.79 Å². The third kappa shape index (κ3) is 2.25. The molecule has 0 aromatic carbocycles. The minimum Gasteiger partial charge on any atom is -0.307 e. The molecule has 0 atom stereocenters. The van der Waals surface area contributed by atoms with Crippen molar-refractivity contribution >= 4 is 11.7 Å². The van der Waals surface area contributed by atoms with Crippen LogP contribution < -0.4 is 5.32 Å². The molecule has 4 heteroatoms. The fourth-order valence-electron chi connectivity index (χ4n) is 0.651. The normalized spacial score (nSPS) is 10.3. The summed E-state index contributed by atoms with van der Waals surface area (Å²) in [6, 6.07) is 1.68. The first-order chi connectivity index (χ1) is 5.33. The highest BCUT2D eigenvalue weighted by Gasteiger charge is 1.95. The van der Waals surface area contributed by atoms with Gasteiger partial charge in [-0.2, -0.15) is 5.10 Å². The molecule has 0 fully saturated rings. The first kappa shape index (κ1) is 7.53. The zero-order chi connectivity index (χ0) is 8.10. The molecule has 11 heavy (non-hydrogen) atoms. The summed E-state index contributed by atoms with van der Waals surface area (Å²) in [6.45, 7) is 1.78. The van der Waals surface area contributed by atoms with E-state index in [2.05, 4.69) is 15.5 Å². The van der Waals surface area contributed by atoms with E-state index in [1.165, 1.54) is 6.08 Å². The van der Waals surface area contributed by atoms with Crippen molar-refractivity contribution in [3.05, 3.63) is 24.4 Å². The van der Waals surface area contributed by atoms with Crippen LogP contribution in [0.4, 0.5) is 5.82 Å². The topological polar surface area (TPSA) is 57.8 Å². The average molecular weight is 151 g/mol. The molecule has 0 spiro atoms. The predicted octanol–water partition coefficient (Wildman–Crippen LogP) is 0.924. The lowest BCUT2D eigenvalue weighted by molar-refractivity contribution is -0.111. The number of nitrogens with one attached hydrogen (secondary N) is 2. The monoisotopic (exact) mass is 151 g/mol. The van der Waals surface area contributed by atoms with Gasteiger partial charge in [-0.1, -0.05) is 6.08 Å². The van der Waals surface area contributed by atoms with Gasteiger partial charge in [-0.15, -0.1) is 0 Å². The predicted molar refractivity (Wildman–Crippen MR) is 42.0 cm³/mol. The maximum absolute atomic E-state index is 10.9. The number of H-pyrrole nitrogens is 1. The SMILES string of the molecule is CC=CC(=O)Nc1ccn[nH]1. The summed E-state index contributed by atoms with van der Waals surface area (Å²) in [6.07, 6.45) is 4.69. The van der Waals surface area contributed by atoms with E-state index in [1.54, 1.807) is 25.3 Å². The van der Waals surface area contributed by atoms with Crippen molar-refractivity contribution in [2.45, 2.75) is 6.92 Å².